The number of alkyl halides is 1. The summed E-state index contributed by atoms with van der Waals surface area (Å²) in [7, 11) is 0. The lowest BCUT2D eigenvalue weighted by molar-refractivity contribution is 0.618. The molecule has 1 heterocycles. The molecule has 2 nitrogen and oxygen atoms in total. The Morgan fingerprint density at radius 2 is 1.67 bits per heavy atom. The molecule has 0 radical (unpaired) electrons. The Morgan fingerprint density at radius 1 is 0.875 bits per heavy atom. The van der Waals surface area contributed by atoms with Crippen molar-refractivity contribution in [2.45, 2.75) is 5.88 Å². The fraction of sp³-hybridized carbons (Fsp3) is 0.0500. The largest absolute Gasteiger partial charge is 0.435 e. The van der Waals surface area contributed by atoms with Gasteiger partial charge in [0.25, 0.3) is 0 Å². The van der Waals surface area contributed by atoms with Crippen LogP contribution < -0.4 is 0 Å². The van der Waals surface area contributed by atoms with Crippen LogP contribution in [0.25, 0.3) is 33.7 Å². The number of hydrogen-bond donors (Lipinski definition) is 0. The van der Waals surface area contributed by atoms with E-state index in [-0.39, 0.29) is 0 Å². The zero-order chi connectivity index (χ0) is 16.5. The molecular formula is C20H13BrClNO. The Bertz CT molecular complexity index is 1010. The molecule has 0 N–H and O–H groups in total. The summed E-state index contributed by atoms with van der Waals surface area (Å²) in [5.41, 5.74) is 5.80. The summed E-state index contributed by atoms with van der Waals surface area (Å²) in [4.78, 5) is 4.67. The van der Waals surface area contributed by atoms with Gasteiger partial charge in [0.05, 0.1) is 4.47 Å². The maximum atomic E-state index is 5.97. The number of oxazole rings is 1. The van der Waals surface area contributed by atoms with Gasteiger partial charge in [0.1, 0.15) is 5.52 Å². The Balaban J connectivity index is 1.85. The fourth-order valence-corrected chi connectivity index (χ4v) is 3.40. The van der Waals surface area contributed by atoms with Crippen molar-refractivity contribution in [1.29, 1.82) is 0 Å². The van der Waals surface area contributed by atoms with E-state index < -0.39 is 0 Å². The van der Waals surface area contributed by atoms with Crippen molar-refractivity contribution in [2.24, 2.45) is 0 Å². The van der Waals surface area contributed by atoms with Gasteiger partial charge in [0.15, 0.2) is 5.58 Å². The smallest absolute Gasteiger partial charge is 0.227 e. The molecule has 3 aromatic carbocycles. The average molecular weight is 399 g/mol. The van der Waals surface area contributed by atoms with Gasteiger partial charge in [-0.15, -0.1) is 11.6 Å². The topological polar surface area (TPSA) is 26.0 Å². The van der Waals surface area contributed by atoms with E-state index in [0.717, 1.165) is 37.8 Å². The molecule has 24 heavy (non-hydrogen) atoms. The summed E-state index contributed by atoms with van der Waals surface area (Å²) in [5, 5.41) is 0. The predicted molar refractivity (Wildman–Crippen MR) is 102 cm³/mol. The molecule has 0 amide bonds. The quantitative estimate of drug-likeness (QED) is 0.360. The van der Waals surface area contributed by atoms with Crippen molar-refractivity contribution in [2.75, 3.05) is 0 Å². The number of fused-ring (bicyclic) bond motifs is 1. The van der Waals surface area contributed by atoms with E-state index in [2.05, 4.69) is 39.1 Å². The second kappa shape index (κ2) is 6.42. The molecule has 4 rings (SSSR count). The van der Waals surface area contributed by atoms with Crippen molar-refractivity contribution in [3.63, 3.8) is 0 Å². The van der Waals surface area contributed by atoms with Gasteiger partial charge in [-0.2, -0.15) is 0 Å². The van der Waals surface area contributed by atoms with Gasteiger partial charge in [0.2, 0.25) is 5.89 Å². The summed E-state index contributed by atoms with van der Waals surface area (Å²) >= 11 is 9.52. The lowest BCUT2D eigenvalue weighted by atomic mass is 10.1. The minimum atomic E-state index is 0.468. The Morgan fingerprint density at radius 3 is 2.46 bits per heavy atom. The van der Waals surface area contributed by atoms with Gasteiger partial charge >= 0.3 is 0 Å². The Labute approximate surface area is 153 Å². The molecule has 0 fully saturated rings. The van der Waals surface area contributed by atoms with E-state index in [1.807, 2.05) is 48.5 Å². The fourth-order valence-electron chi connectivity index (χ4n) is 2.70. The molecule has 0 spiro atoms. The van der Waals surface area contributed by atoms with Crippen LogP contribution in [-0.4, -0.2) is 4.98 Å². The summed E-state index contributed by atoms with van der Waals surface area (Å²) < 4.78 is 6.87. The van der Waals surface area contributed by atoms with Crippen molar-refractivity contribution in [3.05, 3.63) is 76.8 Å². The van der Waals surface area contributed by atoms with Gasteiger partial charge in [-0.25, -0.2) is 4.98 Å². The van der Waals surface area contributed by atoms with Gasteiger partial charge in [0, 0.05) is 11.4 Å². The van der Waals surface area contributed by atoms with Crippen LogP contribution in [0.2, 0.25) is 0 Å². The summed E-state index contributed by atoms with van der Waals surface area (Å²) in [6.45, 7) is 0. The minimum absolute atomic E-state index is 0.468. The Hall–Kier alpha value is -2.10. The molecule has 0 saturated carbocycles. The standard InChI is InChI=1S/C20H13BrClNO/c21-17-10-16(14-6-2-1-3-7-14)11-18-19(17)24-20(23-18)15-8-4-5-13(9-15)12-22/h1-11H,12H2. The lowest BCUT2D eigenvalue weighted by Gasteiger charge is -2.02. The zero-order valence-corrected chi connectivity index (χ0v) is 15.0. The minimum Gasteiger partial charge on any atom is -0.435 e. The number of nitrogens with zero attached hydrogens (tertiary/aromatic N) is 1. The predicted octanol–water partition coefficient (Wildman–Crippen LogP) is 6.66. The number of hydrogen-bond acceptors (Lipinski definition) is 2. The normalized spacial score (nSPS) is 11.1. The first kappa shape index (κ1) is 15.4. The van der Waals surface area contributed by atoms with Gasteiger partial charge in [-0.05, 0) is 56.9 Å². The first-order valence-corrected chi connectivity index (χ1v) is 8.88. The maximum absolute atomic E-state index is 5.97. The first-order valence-electron chi connectivity index (χ1n) is 7.55. The van der Waals surface area contributed by atoms with E-state index in [1.165, 1.54) is 0 Å². The first-order chi connectivity index (χ1) is 11.7. The molecular weight excluding hydrogens is 386 g/mol. The second-order valence-corrected chi connectivity index (χ2v) is 6.65. The average Bonchev–Trinajstić information content (AvgIpc) is 3.07. The van der Waals surface area contributed by atoms with E-state index in [9.17, 15) is 0 Å². The van der Waals surface area contributed by atoms with Crippen molar-refractivity contribution in [3.8, 4) is 22.6 Å². The molecule has 0 aliphatic rings. The highest BCUT2D eigenvalue weighted by Crippen LogP contribution is 2.34. The number of rotatable bonds is 3. The molecule has 118 valence electrons. The number of halogens is 2. The third kappa shape index (κ3) is 2.85. The highest BCUT2D eigenvalue weighted by molar-refractivity contribution is 9.10. The Kier molecular flexibility index (Phi) is 4.13. The van der Waals surface area contributed by atoms with Crippen LogP contribution in [0.5, 0.6) is 0 Å². The number of aromatic nitrogens is 1. The van der Waals surface area contributed by atoms with Crippen molar-refractivity contribution >= 4 is 38.6 Å². The van der Waals surface area contributed by atoms with Crippen LogP contribution in [0.3, 0.4) is 0 Å². The summed E-state index contributed by atoms with van der Waals surface area (Å²) in [6.07, 6.45) is 0. The monoisotopic (exact) mass is 397 g/mol. The molecule has 0 atom stereocenters. The highest BCUT2D eigenvalue weighted by atomic mass is 79.9. The molecule has 4 heteroatoms. The molecule has 0 aliphatic heterocycles. The van der Waals surface area contributed by atoms with E-state index in [4.69, 9.17) is 16.0 Å². The third-order valence-electron chi connectivity index (χ3n) is 3.88. The van der Waals surface area contributed by atoms with Crippen LogP contribution in [0.15, 0.2) is 75.6 Å². The number of benzene rings is 3. The summed E-state index contributed by atoms with van der Waals surface area (Å²) in [6, 6.07) is 22.3. The van der Waals surface area contributed by atoms with Crippen LogP contribution in [-0.2, 0) is 5.88 Å². The van der Waals surface area contributed by atoms with Crippen LogP contribution in [0.1, 0.15) is 5.56 Å². The summed E-state index contributed by atoms with van der Waals surface area (Å²) in [5.74, 6) is 1.07. The molecule has 0 saturated heterocycles. The van der Waals surface area contributed by atoms with E-state index in [0.29, 0.717) is 11.8 Å². The molecule has 0 aliphatic carbocycles. The maximum Gasteiger partial charge on any atom is 0.227 e. The van der Waals surface area contributed by atoms with Gasteiger partial charge in [-0.3, -0.25) is 0 Å². The van der Waals surface area contributed by atoms with E-state index in [1.54, 1.807) is 0 Å². The van der Waals surface area contributed by atoms with Crippen molar-refractivity contribution in [1.82, 2.24) is 4.98 Å². The molecule has 0 bridgehead atoms. The third-order valence-corrected chi connectivity index (χ3v) is 4.78. The van der Waals surface area contributed by atoms with Crippen LogP contribution in [0, 0.1) is 0 Å². The van der Waals surface area contributed by atoms with Crippen LogP contribution >= 0.6 is 27.5 Å². The SMILES string of the molecule is ClCc1cccc(-c2nc3cc(-c4ccccc4)cc(Br)c3o2)c1. The zero-order valence-electron chi connectivity index (χ0n) is 12.7. The van der Waals surface area contributed by atoms with E-state index >= 15 is 0 Å². The molecule has 1 aromatic heterocycles. The van der Waals surface area contributed by atoms with Gasteiger partial charge < -0.3 is 4.42 Å². The lowest BCUT2D eigenvalue weighted by Crippen LogP contribution is -1.81. The van der Waals surface area contributed by atoms with Gasteiger partial charge in [-0.1, -0.05) is 42.5 Å². The molecule has 0 unspecified atom stereocenters. The highest BCUT2D eigenvalue weighted by Gasteiger charge is 2.13. The second-order valence-electron chi connectivity index (χ2n) is 5.53. The van der Waals surface area contributed by atoms with Crippen molar-refractivity contribution < 1.29 is 4.42 Å². The molecule has 4 aromatic rings. The van der Waals surface area contributed by atoms with Crippen LogP contribution in [0.4, 0.5) is 0 Å².